The van der Waals surface area contributed by atoms with Crippen molar-refractivity contribution < 1.29 is 17.9 Å². The summed E-state index contributed by atoms with van der Waals surface area (Å²) in [6.07, 6.45) is -3.39. The molecular weight excluding hydrogens is 336 g/mol. The Labute approximate surface area is 102 Å². The molecule has 0 atom stereocenters. The summed E-state index contributed by atoms with van der Waals surface area (Å²) < 4.78 is 40.4. The number of fused-ring (bicyclic) bond motifs is 1. The van der Waals surface area contributed by atoms with Gasteiger partial charge in [0.15, 0.2) is 0 Å². The summed E-state index contributed by atoms with van der Waals surface area (Å²) in [5, 5.41) is 0.692. The van der Waals surface area contributed by atoms with E-state index in [1.54, 1.807) is 0 Å². The van der Waals surface area contributed by atoms with E-state index < -0.39 is 6.36 Å². The van der Waals surface area contributed by atoms with Gasteiger partial charge in [0.25, 0.3) is 0 Å². The fourth-order valence-electron chi connectivity index (χ4n) is 1.20. The minimum absolute atomic E-state index is 0.283. The van der Waals surface area contributed by atoms with Crippen LogP contribution in [0.5, 0.6) is 5.75 Å². The molecule has 84 valence electrons. The third-order valence-electron chi connectivity index (χ3n) is 1.79. The van der Waals surface area contributed by atoms with Crippen LogP contribution in [0.15, 0.2) is 24.5 Å². The van der Waals surface area contributed by atoms with E-state index in [-0.39, 0.29) is 5.75 Å². The van der Waals surface area contributed by atoms with E-state index in [9.17, 15) is 13.2 Å². The van der Waals surface area contributed by atoms with Crippen LogP contribution in [0.2, 0.25) is 0 Å². The average Bonchev–Trinajstić information content (AvgIpc) is 2.15. The normalized spacial score (nSPS) is 11.8. The molecule has 0 aliphatic rings. The van der Waals surface area contributed by atoms with Crippen LogP contribution in [0.4, 0.5) is 13.2 Å². The molecule has 16 heavy (non-hydrogen) atoms. The molecule has 1 aromatic heterocycles. The van der Waals surface area contributed by atoms with E-state index in [0.29, 0.717) is 14.6 Å². The lowest BCUT2D eigenvalue weighted by Gasteiger charge is -2.09. The number of nitrogens with zero attached hydrogens (tertiary/aromatic N) is 2. The first kappa shape index (κ1) is 11.4. The number of rotatable bonds is 1. The zero-order valence-electron chi connectivity index (χ0n) is 7.62. The molecule has 0 radical (unpaired) electrons. The third kappa shape index (κ3) is 2.52. The molecule has 2 aromatic rings. The number of alkyl halides is 3. The van der Waals surface area contributed by atoms with Crippen LogP contribution < -0.4 is 4.74 Å². The first-order valence-corrected chi connectivity index (χ1v) is 5.19. The molecule has 3 nitrogen and oxygen atoms in total. The van der Waals surface area contributed by atoms with Gasteiger partial charge in [0.05, 0.1) is 5.52 Å². The van der Waals surface area contributed by atoms with Gasteiger partial charge >= 0.3 is 6.36 Å². The van der Waals surface area contributed by atoms with Crippen molar-refractivity contribution in [2.75, 3.05) is 0 Å². The molecule has 0 aliphatic carbocycles. The van der Waals surface area contributed by atoms with Crippen molar-refractivity contribution in [2.45, 2.75) is 6.36 Å². The quantitative estimate of drug-likeness (QED) is 0.591. The van der Waals surface area contributed by atoms with Crippen molar-refractivity contribution in [3.05, 3.63) is 28.2 Å². The van der Waals surface area contributed by atoms with Crippen molar-refractivity contribution >= 4 is 33.5 Å². The summed E-state index contributed by atoms with van der Waals surface area (Å²) in [5.74, 6) is -0.283. The highest BCUT2D eigenvalue weighted by Gasteiger charge is 2.31. The Morgan fingerprint density at radius 3 is 2.62 bits per heavy atom. The van der Waals surface area contributed by atoms with Crippen LogP contribution in [-0.2, 0) is 0 Å². The Balaban J connectivity index is 2.45. The standard InChI is InChI=1S/C9H4F3IN2O/c10-9(11,12)16-5-1-2-6-7(3-5)14-4-15-8(6)13/h1-4H. The molecule has 7 heteroatoms. The summed E-state index contributed by atoms with van der Waals surface area (Å²) in [7, 11) is 0. The SMILES string of the molecule is FC(F)(F)Oc1ccc2c(I)ncnc2c1. The number of ether oxygens (including phenoxy) is 1. The Morgan fingerprint density at radius 1 is 1.19 bits per heavy atom. The number of hydrogen-bond donors (Lipinski definition) is 0. The van der Waals surface area contributed by atoms with Crippen LogP contribution >= 0.6 is 22.6 Å². The van der Waals surface area contributed by atoms with Crippen molar-refractivity contribution in [1.82, 2.24) is 9.97 Å². The lowest BCUT2D eigenvalue weighted by atomic mass is 10.2. The Morgan fingerprint density at radius 2 is 1.94 bits per heavy atom. The van der Waals surface area contributed by atoms with Crippen LogP contribution in [-0.4, -0.2) is 16.3 Å². The van der Waals surface area contributed by atoms with Gasteiger partial charge in [-0.05, 0) is 34.7 Å². The second-order valence-electron chi connectivity index (χ2n) is 2.89. The molecular formula is C9H4F3IN2O. The minimum Gasteiger partial charge on any atom is -0.406 e. The molecule has 0 aliphatic heterocycles. The highest BCUT2D eigenvalue weighted by molar-refractivity contribution is 14.1. The number of halogens is 4. The second-order valence-corrected chi connectivity index (χ2v) is 3.91. The lowest BCUT2D eigenvalue weighted by molar-refractivity contribution is -0.274. The predicted octanol–water partition coefficient (Wildman–Crippen LogP) is 3.13. The first-order chi connectivity index (χ1) is 7.46. The van der Waals surface area contributed by atoms with Crippen LogP contribution in [0.3, 0.4) is 0 Å². The van der Waals surface area contributed by atoms with E-state index in [0.717, 1.165) is 0 Å². The topological polar surface area (TPSA) is 35.0 Å². The Kier molecular flexibility index (Phi) is 2.87. The highest BCUT2D eigenvalue weighted by atomic mass is 127. The zero-order chi connectivity index (χ0) is 11.8. The fourth-order valence-corrected chi connectivity index (χ4v) is 1.78. The summed E-state index contributed by atoms with van der Waals surface area (Å²) in [6, 6.07) is 3.96. The molecule has 2 rings (SSSR count). The third-order valence-corrected chi connectivity index (χ3v) is 2.65. The van der Waals surface area contributed by atoms with Gasteiger partial charge in [0.1, 0.15) is 15.8 Å². The van der Waals surface area contributed by atoms with Gasteiger partial charge in [-0.3, -0.25) is 0 Å². The van der Waals surface area contributed by atoms with Gasteiger partial charge < -0.3 is 4.74 Å². The fraction of sp³-hybridized carbons (Fsp3) is 0.111. The predicted molar refractivity (Wildman–Crippen MR) is 58.9 cm³/mol. The van der Waals surface area contributed by atoms with Gasteiger partial charge in [-0.1, -0.05) is 0 Å². The lowest BCUT2D eigenvalue weighted by Crippen LogP contribution is -2.17. The molecule has 0 amide bonds. The van der Waals surface area contributed by atoms with Crippen LogP contribution in [0.1, 0.15) is 0 Å². The van der Waals surface area contributed by atoms with Crippen molar-refractivity contribution in [1.29, 1.82) is 0 Å². The van der Waals surface area contributed by atoms with Crippen molar-refractivity contribution in [3.8, 4) is 5.75 Å². The smallest absolute Gasteiger partial charge is 0.406 e. The van der Waals surface area contributed by atoms with Gasteiger partial charge in [0, 0.05) is 11.5 Å². The molecule has 1 heterocycles. The van der Waals surface area contributed by atoms with E-state index in [4.69, 9.17) is 0 Å². The maximum absolute atomic E-state index is 12.0. The summed E-state index contributed by atoms with van der Waals surface area (Å²) in [5.41, 5.74) is 0.418. The molecule has 0 fully saturated rings. The average molecular weight is 340 g/mol. The number of hydrogen-bond acceptors (Lipinski definition) is 3. The summed E-state index contributed by atoms with van der Waals surface area (Å²) in [6.45, 7) is 0. The molecule has 1 aromatic carbocycles. The minimum atomic E-state index is -4.69. The summed E-state index contributed by atoms with van der Waals surface area (Å²) in [4.78, 5) is 7.79. The largest absolute Gasteiger partial charge is 0.573 e. The molecule has 0 unspecified atom stereocenters. The van der Waals surface area contributed by atoms with Crippen LogP contribution in [0.25, 0.3) is 10.9 Å². The van der Waals surface area contributed by atoms with Gasteiger partial charge in [-0.25, -0.2) is 9.97 Å². The van der Waals surface area contributed by atoms with E-state index >= 15 is 0 Å². The van der Waals surface area contributed by atoms with Crippen molar-refractivity contribution in [2.24, 2.45) is 0 Å². The zero-order valence-corrected chi connectivity index (χ0v) is 9.78. The van der Waals surface area contributed by atoms with E-state index in [1.807, 2.05) is 22.6 Å². The van der Waals surface area contributed by atoms with Gasteiger partial charge in [-0.15, -0.1) is 13.2 Å². The Hall–Kier alpha value is -1.12. The van der Waals surface area contributed by atoms with E-state index in [2.05, 4.69) is 14.7 Å². The molecule has 0 spiro atoms. The summed E-state index contributed by atoms with van der Waals surface area (Å²) >= 11 is 1.98. The monoisotopic (exact) mass is 340 g/mol. The number of benzene rings is 1. The van der Waals surface area contributed by atoms with Crippen molar-refractivity contribution in [3.63, 3.8) is 0 Å². The first-order valence-electron chi connectivity index (χ1n) is 4.12. The van der Waals surface area contributed by atoms with Gasteiger partial charge in [-0.2, -0.15) is 0 Å². The highest BCUT2D eigenvalue weighted by Crippen LogP contribution is 2.26. The Bertz CT molecular complexity index is 530. The molecule has 0 bridgehead atoms. The second kappa shape index (κ2) is 4.04. The molecule has 0 saturated carbocycles. The molecule has 0 saturated heterocycles. The number of aromatic nitrogens is 2. The van der Waals surface area contributed by atoms with Crippen LogP contribution in [0, 0.1) is 3.70 Å². The van der Waals surface area contributed by atoms with E-state index in [1.165, 1.54) is 24.5 Å². The molecule has 0 N–H and O–H groups in total. The maximum Gasteiger partial charge on any atom is 0.573 e. The van der Waals surface area contributed by atoms with Gasteiger partial charge in [0.2, 0.25) is 0 Å². The maximum atomic E-state index is 12.0.